The Labute approximate surface area is 86.3 Å². The third kappa shape index (κ3) is 2.18. The molecule has 2 heteroatoms. The number of ether oxygens (including phenoxy) is 2. The molecule has 0 N–H and O–H groups in total. The highest BCUT2D eigenvalue weighted by molar-refractivity contribution is 5.00. The molecule has 0 amide bonds. The maximum atomic E-state index is 5.82. The van der Waals surface area contributed by atoms with Crippen molar-refractivity contribution in [3.63, 3.8) is 0 Å². The van der Waals surface area contributed by atoms with Crippen LogP contribution in [0.5, 0.6) is 0 Å². The lowest BCUT2D eigenvalue weighted by Gasteiger charge is -2.34. The fraction of sp³-hybridized carbons (Fsp3) is 0.833. The Hall–Kier alpha value is -0.340. The van der Waals surface area contributed by atoms with Crippen LogP contribution < -0.4 is 0 Å². The van der Waals surface area contributed by atoms with E-state index in [9.17, 15) is 0 Å². The molecule has 1 aliphatic carbocycles. The molecule has 3 unspecified atom stereocenters. The van der Waals surface area contributed by atoms with Gasteiger partial charge in [0.05, 0.1) is 12.2 Å². The van der Waals surface area contributed by atoms with Crippen LogP contribution in [0.25, 0.3) is 0 Å². The summed E-state index contributed by atoms with van der Waals surface area (Å²) in [5.41, 5.74) is 1.30. The lowest BCUT2D eigenvalue weighted by molar-refractivity contribution is -0.0665. The van der Waals surface area contributed by atoms with Crippen LogP contribution >= 0.6 is 0 Å². The summed E-state index contributed by atoms with van der Waals surface area (Å²) in [4.78, 5) is 0. The van der Waals surface area contributed by atoms with Gasteiger partial charge in [-0.05, 0) is 38.5 Å². The molecule has 14 heavy (non-hydrogen) atoms. The summed E-state index contributed by atoms with van der Waals surface area (Å²) in [6.07, 6.45) is 5.20. The molecule has 0 aromatic heterocycles. The molecule has 2 nitrogen and oxygen atoms in total. The Morgan fingerprint density at radius 1 is 1.14 bits per heavy atom. The van der Waals surface area contributed by atoms with Gasteiger partial charge in [-0.1, -0.05) is 12.2 Å². The van der Waals surface area contributed by atoms with Crippen LogP contribution in [0.4, 0.5) is 0 Å². The summed E-state index contributed by atoms with van der Waals surface area (Å²) >= 11 is 0. The van der Waals surface area contributed by atoms with E-state index in [0.29, 0.717) is 18.1 Å². The molecular weight excluding hydrogens is 176 g/mol. The molecule has 2 aliphatic rings. The predicted molar refractivity (Wildman–Crippen MR) is 56.3 cm³/mol. The zero-order valence-electron chi connectivity index (χ0n) is 9.00. The largest absolute Gasteiger partial charge is 0.375 e. The maximum absolute atomic E-state index is 5.82. The van der Waals surface area contributed by atoms with Crippen molar-refractivity contribution in [1.29, 1.82) is 0 Å². The van der Waals surface area contributed by atoms with Gasteiger partial charge in [-0.15, -0.1) is 0 Å². The molecule has 3 atom stereocenters. The van der Waals surface area contributed by atoms with E-state index in [-0.39, 0.29) is 0 Å². The van der Waals surface area contributed by atoms with Crippen LogP contribution in [0, 0.1) is 5.92 Å². The number of hydrogen-bond donors (Lipinski definition) is 0. The highest BCUT2D eigenvalue weighted by atomic mass is 16.5. The SMILES string of the molecule is C=C(C)C1CCC2OCCCOC2C1. The zero-order valence-corrected chi connectivity index (χ0v) is 9.00. The first-order valence-corrected chi connectivity index (χ1v) is 5.66. The van der Waals surface area contributed by atoms with Crippen LogP contribution in [0.15, 0.2) is 12.2 Å². The Bertz CT molecular complexity index is 212. The molecule has 1 aliphatic heterocycles. The van der Waals surface area contributed by atoms with E-state index >= 15 is 0 Å². The summed E-state index contributed by atoms with van der Waals surface area (Å²) in [6.45, 7) is 7.91. The third-order valence-corrected chi connectivity index (χ3v) is 3.38. The summed E-state index contributed by atoms with van der Waals surface area (Å²) in [5, 5.41) is 0. The molecule has 0 bridgehead atoms. The van der Waals surface area contributed by atoms with Gasteiger partial charge in [-0.3, -0.25) is 0 Å². The smallest absolute Gasteiger partial charge is 0.0842 e. The minimum atomic E-state index is 0.327. The first-order valence-electron chi connectivity index (χ1n) is 5.66. The minimum Gasteiger partial charge on any atom is -0.375 e. The van der Waals surface area contributed by atoms with Gasteiger partial charge in [0.25, 0.3) is 0 Å². The van der Waals surface area contributed by atoms with Crippen molar-refractivity contribution >= 4 is 0 Å². The average Bonchev–Trinajstić information content (AvgIpc) is 2.41. The van der Waals surface area contributed by atoms with E-state index in [1.54, 1.807) is 0 Å². The molecule has 0 spiro atoms. The van der Waals surface area contributed by atoms with Gasteiger partial charge in [0, 0.05) is 13.2 Å². The van der Waals surface area contributed by atoms with Gasteiger partial charge in [0.1, 0.15) is 0 Å². The van der Waals surface area contributed by atoms with E-state index in [0.717, 1.165) is 32.5 Å². The quantitative estimate of drug-likeness (QED) is 0.600. The second kappa shape index (κ2) is 4.45. The highest BCUT2D eigenvalue weighted by Crippen LogP contribution is 2.33. The fourth-order valence-corrected chi connectivity index (χ4v) is 2.44. The lowest BCUT2D eigenvalue weighted by Crippen LogP contribution is -2.36. The molecule has 1 saturated heterocycles. The van der Waals surface area contributed by atoms with E-state index in [1.807, 2.05) is 0 Å². The standard InChI is InChI=1S/C12H20O2/c1-9(2)10-4-5-11-12(8-10)14-7-3-6-13-11/h10-12H,1,3-8H2,2H3. The summed E-state index contributed by atoms with van der Waals surface area (Å²) < 4.78 is 11.6. The highest BCUT2D eigenvalue weighted by Gasteiger charge is 2.33. The van der Waals surface area contributed by atoms with Gasteiger partial charge < -0.3 is 9.47 Å². The summed E-state index contributed by atoms with van der Waals surface area (Å²) in [7, 11) is 0. The number of allylic oxidation sites excluding steroid dienone is 1. The number of hydrogen-bond acceptors (Lipinski definition) is 2. The van der Waals surface area contributed by atoms with E-state index in [1.165, 1.54) is 12.0 Å². The van der Waals surface area contributed by atoms with Crippen molar-refractivity contribution in [2.75, 3.05) is 13.2 Å². The Morgan fingerprint density at radius 2 is 1.86 bits per heavy atom. The predicted octanol–water partition coefficient (Wildman–Crippen LogP) is 2.54. The van der Waals surface area contributed by atoms with E-state index < -0.39 is 0 Å². The summed E-state index contributed by atoms with van der Waals surface area (Å²) in [5.74, 6) is 0.651. The molecule has 80 valence electrons. The first kappa shape index (κ1) is 10.2. The van der Waals surface area contributed by atoms with Crippen molar-refractivity contribution in [3.8, 4) is 0 Å². The van der Waals surface area contributed by atoms with Gasteiger partial charge in [0.15, 0.2) is 0 Å². The lowest BCUT2D eigenvalue weighted by atomic mass is 9.82. The molecule has 0 radical (unpaired) electrons. The normalized spacial score (nSPS) is 38.5. The molecule has 0 aromatic rings. The maximum Gasteiger partial charge on any atom is 0.0842 e. The second-order valence-electron chi connectivity index (χ2n) is 4.53. The van der Waals surface area contributed by atoms with Gasteiger partial charge >= 0.3 is 0 Å². The molecule has 2 fully saturated rings. The third-order valence-electron chi connectivity index (χ3n) is 3.38. The first-order chi connectivity index (χ1) is 6.77. The zero-order chi connectivity index (χ0) is 9.97. The molecule has 1 saturated carbocycles. The minimum absolute atomic E-state index is 0.327. The molecule has 1 heterocycles. The van der Waals surface area contributed by atoms with Crippen molar-refractivity contribution in [3.05, 3.63) is 12.2 Å². The molecule has 0 aromatic carbocycles. The van der Waals surface area contributed by atoms with Crippen molar-refractivity contribution < 1.29 is 9.47 Å². The van der Waals surface area contributed by atoms with Gasteiger partial charge in [-0.2, -0.15) is 0 Å². The van der Waals surface area contributed by atoms with Crippen LogP contribution in [-0.4, -0.2) is 25.4 Å². The average molecular weight is 196 g/mol. The van der Waals surface area contributed by atoms with Crippen LogP contribution in [0.1, 0.15) is 32.6 Å². The van der Waals surface area contributed by atoms with Crippen LogP contribution in [0.2, 0.25) is 0 Å². The van der Waals surface area contributed by atoms with E-state index in [4.69, 9.17) is 9.47 Å². The topological polar surface area (TPSA) is 18.5 Å². The number of fused-ring (bicyclic) bond motifs is 1. The Balaban J connectivity index is 1.96. The van der Waals surface area contributed by atoms with Gasteiger partial charge in [-0.25, -0.2) is 0 Å². The summed E-state index contributed by atoms with van der Waals surface area (Å²) in [6, 6.07) is 0. The van der Waals surface area contributed by atoms with Crippen molar-refractivity contribution in [2.24, 2.45) is 5.92 Å². The van der Waals surface area contributed by atoms with Crippen LogP contribution in [-0.2, 0) is 9.47 Å². The van der Waals surface area contributed by atoms with E-state index in [2.05, 4.69) is 13.5 Å². The monoisotopic (exact) mass is 196 g/mol. The van der Waals surface area contributed by atoms with Crippen molar-refractivity contribution in [2.45, 2.75) is 44.8 Å². The Morgan fingerprint density at radius 3 is 2.57 bits per heavy atom. The number of rotatable bonds is 1. The fourth-order valence-electron chi connectivity index (χ4n) is 2.44. The van der Waals surface area contributed by atoms with Crippen LogP contribution in [0.3, 0.4) is 0 Å². The second-order valence-corrected chi connectivity index (χ2v) is 4.53. The van der Waals surface area contributed by atoms with Crippen molar-refractivity contribution in [1.82, 2.24) is 0 Å². The molecular formula is C12H20O2. The van der Waals surface area contributed by atoms with Gasteiger partial charge in [0.2, 0.25) is 0 Å². The Kier molecular flexibility index (Phi) is 3.24. The molecule has 2 rings (SSSR count).